The smallest absolute Gasteiger partial charge is 0.0371 e. The summed E-state index contributed by atoms with van der Waals surface area (Å²) in [6.07, 6.45) is 3.90. The van der Waals surface area contributed by atoms with E-state index in [-0.39, 0.29) is 0 Å². The van der Waals surface area contributed by atoms with E-state index in [2.05, 4.69) is 56.1 Å². The monoisotopic (exact) mass is 260 g/mol. The van der Waals surface area contributed by atoms with Gasteiger partial charge in [-0.25, -0.2) is 0 Å². The first-order valence-electron chi connectivity index (χ1n) is 7.75. The Morgan fingerprint density at radius 3 is 2.58 bits per heavy atom. The van der Waals surface area contributed by atoms with Gasteiger partial charge in [0.05, 0.1) is 0 Å². The van der Waals surface area contributed by atoms with Gasteiger partial charge in [-0.2, -0.15) is 0 Å². The van der Waals surface area contributed by atoms with E-state index in [0.29, 0.717) is 6.04 Å². The van der Waals surface area contributed by atoms with Crippen molar-refractivity contribution < 1.29 is 0 Å². The van der Waals surface area contributed by atoms with Gasteiger partial charge < -0.3 is 10.2 Å². The van der Waals surface area contributed by atoms with Crippen LogP contribution >= 0.6 is 0 Å². The van der Waals surface area contributed by atoms with Gasteiger partial charge >= 0.3 is 0 Å². The third kappa shape index (κ3) is 3.73. The molecular weight excluding hydrogens is 232 g/mol. The quantitative estimate of drug-likeness (QED) is 0.800. The van der Waals surface area contributed by atoms with Crippen molar-refractivity contribution in [3.8, 4) is 0 Å². The average molecular weight is 260 g/mol. The molecule has 1 aromatic carbocycles. The van der Waals surface area contributed by atoms with E-state index in [1.165, 1.54) is 36.1 Å². The second kappa shape index (κ2) is 6.42. The normalized spacial score (nSPS) is 16.4. The van der Waals surface area contributed by atoms with Crippen LogP contribution in [0.15, 0.2) is 18.2 Å². The summed E-state index contributed by atoms with van der Waals surface area (Å²) in [5.74, 6) is 0. The standard InChI is InChI=1S/C17H28N2/c1-5-14(4)19(6-2)17-10-7-15(13(3)11-17)12-18-16-8-9-16/h7,10-11,14,16,18H,5-6,8-9,12H2,1-4H3. The third-order valence-corrected chi connectivity index (χ3v) is 4.28. The molecule has 2 heteroatoms. The minimum atomic E-state index is 0.611. The van der Waals surface area contributed by atoms with E-state index in [0.717, 1.165) is 19.1 Å². The summed E-state index contributed by atoms with van der Waals surface area (Å²) >= 11 is 0. The SMILES string of the molecule is CCC(C)N(CC)c1ccc(CNC2CC2)c(C)c1. The molecule has 1 fully saturated rings. The number of nitrogens with one attached hydrogen (secondary N) is 1. The van der Waals surface area contributed by atoms with Crippen molar-refractivity contribution >= 4 is 5.69 Å². The van der Waals surface area contributed by atoms with Gasteiger partial charge in [-0.1, -0.05) is 13.0 Å². The van der Waals surface area contributed by atoms with Gasteiger partial charge in [-0.3, -0.25) is 0 Å². The van der Waals surface area contributed by atoms with Gasteiger partial charge in [0.25, 0.3) is 0 Å². The van der Waals surface area contributed by atoms with Crippen molar-refractivity contribution in [1.82, 2.24) is 5.32 Å². The van der Waals surface area contributed by atoms with Crippen molar-refractivity contribution in [2.24, 2.45) is 0 Å². The number of hydrogen-bond donors (Lipinski definition) is 1. The summed E-state index contributed by atoms with van der Waals surface area (Å²) in [7, 11) is 0. The number of hydrogen-bond acceptors (Lipinski definition) is 2. The number of rotatable bonds is 7. The van der Waals surface area contributed by atoms with E-state index in [4.69, 9.17) is 0 Å². The van der Waals surface area contributed by atoms with E-state index in [9.17, 15) is 0 Å². The molecule has 1 saturated carbocycles. The van der Waals surface area contributed by atoms with E-state index >= 15 is 0 Å². The van der Waals surface area contributed by atoms with Gasteiger partial charge in [-0.15, -0.1) is 0 Å². The zero-order valence-corrected chi connectivity index (χ0v) is 12.9. The second-order valence-corrected chi connectivity index (χ2v) is 5.81. The van der Waals surface area contributed by atoms with Crippen molar-refractivity contribution in [3.05, 3.63) is 29.3 Å². The highest BCUT2D eigenvalue weighted by molar-refractivity contribution is 5.51. The Kier molecular flexibility index (Phi) is 4.87. The Hall–Kier alpha value is -1.02. The molecule has 0 bridgehead atoms. The first kappa shape index (κ1) is 14.4. The lowest BCUT2D eigenvalue weighted by Gasteiger charge is -2.30. The minimum Gasteiger partial charge on any atom is -0.369 e. The Balaban J connectivity index is 2.07. The van der Waals surface area contributed by atoms with Crippen LogP contribution in [0.4, 0.5) is 5.69 Å². The Labute approximate surface area is 118 Å². The zero-order chi connectivity index (χ0) is 13.8. The van der Waals surface area contributed by atoms with Crippen molar-refractivity contribution in [2.45, 2.75) is 65.6 Å². The molecule has 1 N–H and O–H groups in total. The lowest BCUT2D eigenvalue weighted by Crippen LogP contribution is -2.32. The highest BCUT2D eigenvalue weighted by Crippen LogP contribution is 2.24. The van der Waals surface area contributed by atoms with Crippen LogP contribution in [-0.2, 0) is 6.54 Å². The predicted octanol–water partition coefficient (Wildman–Crippen LogP) is 3.87. The molecule has 0 radical (unpaired) electrons. The van der Waals surface area contributed by atoms with Crippen LogP contribution in [0.5, 0.6) is 0 Å². The largest absolute Gasteiger partial charge is 0.369 e. The number of anilines is 1. The highest BCUT2D eigenvalue weighted by Gasteiger charge is 2.20. The Bertz CT molecular complexity index is 410. The fourth-order valence-corrected chi connectivity index (χ4v) is 2.57. The van der Waals surface area contributed by atoms with E-state index in [1.54, 1.807) is 0 Å². The van der Waals surface area contributed by atoms with Gasteiger partial charge in [0, 0.05) is 30.9 Å². The number of nitrogens with zero attached hydrogens (tertiary/aromatic N) is 1. The summed E-state index contributed by atoms with van der Waals surface area (Å²) in [6, 6.07) is 8.32. The molecule has 1 unspecified atom stereocenters. The fraction of sp³-hybridized carbons (Fsp3) is 0.647. The van der Waals surface area contributed by atoms with Crippen molar-refractivity contribution in [1.29, 1.82) is 0 Å². The maximum absolute atomic E-state index is 3.60. The average Bonchev–Trinajstić information content (AvgIpc) is 3.22. The third-order valence-electron chi connectivity index (χ3n) is 4.28. The molecule has 2 nitrogen and oxygen atoms in total. The lowest BCUT2D eigenvalue weighted by molar-refractivity contribution is 0.629. The summed E-state index contributed by atoms with van der Waals surface area (Å²) in [4.78, 5) is 2.49. The molecule has 106 valence electrons. The molecule has 0 aromatic heterocycles. The maximum Gasteiger partial charge on any atom is 0.0371 e. The zero-order valence-electron chi connectivity index (χ0n) is 12.9. The molecule has 0 amide bonds. The van der Waals surface area contributed by atoms with Crippen LogP contribution in [0, 0.1) is 6.92 Å². The van der Waals surface area contributed by atoms with Crippen LogP contribution in [0.1, 0.15) is 51.2 Å². The molecule has 0 saturated heterocycles. The van der Waals surface area contributed by atoms with Gasteiger partial charge in [-0.05, 0) is 63.3 Å². The summed E-state index contributed by atoms with van der Waals surface area (Å²) in [5.41, 5.74) is 4.22. The number of aryl methyl sites for hydroxylation is 1. The topological polar surface area (TPSA) is 15.3 Å². The summed E-state index contributed by atoms with van der Waals surface area (Å²) in [5, 5.41) is 3.60. The van der Waals surface area contributed by atoms with Crippen molar-refractivity contribution in [2.75, 3.05) is 11.4 Å². The molecule has 1 aromatic rings. The van der Waals surface area contributed by atoms with Crippen molar-refractivity contribution in [3.63, 3.8) is 0 Å². The molecule has 2 rings (SSSR count). The molecule has 0 spiro atoms. The molecule has 0 aliphatic heterocycles. The summed E-state index contributed by atoms with van der Waals surface area (Å²) < 4.78 is 0. The van der Waals surface area contributed by atoms with E-state index < -0.39 is 0 Å². The minimum absolute atomic E-state index is 0.611. The fourth-order valence-electron chi connectivity index (χ4n) is 2.57. The summed E-state index contributed by atoms with van der Waals surface area (Å²) in [6.45, 7) is 11.1. The number of benzene rings is 1. The van der Waals surface area contributed by atoms with Crippen LogP contribution in [0.3, 0.4) is 0 Å². The van der Waals surface area contributed by atoms with Crippen LogP contribution in [-0.4, -0.2) is 18.6 Å². The highest BCUT2D eigenvalue weighted by atomic mass is 15.1. The first-order valence-corrected chi connectivity index (χ1v) is 7.75. The molecule has 1 aliphatic rings. The molecule has 1 aliphatic carbocycles. The van der Waals surface area contributed by atoms with Crippen LogP contribution in [0.2, 0.25) is 0 Å². The molecule has 1 atom stereocenters. The van der Waals surface area contributed by atoms with Crippen LogP contribution < -0.4 is 10.2 Å². The maximum atomic E-state index is 3.60. The van der Waals surface area contributed by atoms with Gasteiger partial charge in [0.1, 0.15) is 0 Å². The molecular formula is C17H28N2. The van der Waals surface area contributed by atoms with Gasteiger partial charge in [0.2, 0.25) is 0 Å². The molecule has 19 heavy (non-hydrogen) atoms. The molecule has 0 heterocycles. The predicted molar refractivity (Wildman–Crippen MR) is 83.8 cm³/mol. The lowest BCUT2D eigenvalue weighted by atomic mass is 10.1. The van der Waals surface area contributed by atoms with Gasteiger partial charge in [0.15, 0.2) is 0 Å². The second-order valence-electron chi connectivity index (χ2n) is 5.81. The Morgan fingerprint density at radius 1 is 1.32 bits per heavy atom. The first-order chi connectivity index (χ1) is 9.15. The van der Waals surface area contributed by atoms with E-state index in [1.807, 2.05) is 0 Å². The van der Waals surface area contributed by atoms with Crippen LogP contribution in [0.25, 0.3) is 0 Å². The Morgan fingerprint density at radius 2 is 2.05 bits per heavy atom.